The fraction of sp³-hybridized carbons (Fsp3) is 1.00. The third-order valence-corrected chi connectivity index (χ3v) is 4.15. The van der Waals surface area contributed by atoms with Crippen molar-refractivity contribution in [3.63, 3.8) is 0 Å². The lowest BCUT2D eigenvalue weighted by Crippen LogP contribution is -2.35. The van der Waals surface area contributed by atoms with E-state index in [1.54, 1.807) is 0 Å². The van der Waals surface area contributed by atoms with E-state index in [4.69, 9.17) is 0 Å². The van der Waals surface area contributed by atoms with E-state index in [9.17, 15) is 0 Å². The molecule has 1 rings (SSSR count). The Kier molecular flexibility index (Phi) is 7.87. The van der Waals surface area contributed by atoms with Crippen molar-refractivity contribution in [2.75, 3.05) is 26.2 Å². The topological polar surface area (TPSA) is 15.3 Å². The molecule has 1 heterocycles. The molecular formula is C15H32N2. The Hall–Kier alpha value is -0.0800. The molecular weight excluding hydrogens is 208 g/mol. The number of hydrogen-bond donors (Lipinski definition) is 1. The zero-order valence-corrected chi connectivity index (χ0v) is 12.2. The van der Waals surface area contributed by atoms with Gasteiger partial charge in [0.25, 0.3) is 0 Å². The van der Waals surface area contributed by atoms with Crippen molar-refractivity contribution in [1.29, 1.82) is 0 Å². The van der Waals surface area contributed by atoms with E-state index < -0.39 is 0 Å². The van der Waals surface area contributed by atoms with Gasteiger partial charge in [0.1, 0.15) is 0 Å². The fourth-order valence-corrected chi connectivity index (χ4v) is 2.68. The summed E-state index contributed by atoms with van der Waals surface area (Å²) in [6.07, 6.45) is 8.25. The summed E-state index contributed by atoms with van der Waals surface area (Å²) in [5, 5.41) is 3.64. The summed E-state index contributed by atoms with van der Waals surface area (Å²) in [5.41, 5.74) is 0. The lowest BCUT2D eigenvalue weighted by molar-refractivity contribution is 0.234. The van der Waals surface area contributed by atoms with E-state index in [1.165, 1.54) is 64.7 Å². The minimum atomic E-state index is 0.811. The van der Waals surface area contributed by atoms with E-state index >= 15 is 0 Å². The highest BCUT2D eigenvalue weighted by Gasteiger charge is 2.13. The van der Waals surface area contributed by atoms with Gasteiger partial charge in [-0.3, -0.25) is 0 Å². The molecule has 17 heavy (non-hydrogen) atoms. The molecule has 0 aromatic heterocycles. The second-order valence-electron chi connectivity index (χ2n) is 5.70. The molecule has 0 saturated carbocycles. The quantitative estimate of drug-likeness (QED) is 0.700. The molecule has 0 bridgehead atoms. The zero-order chi connectivity index (χ0) is 12.5. The van der Waals surface area contributed by atoms with E-state index in [0.29, 0.717) is 0 Å². The highest BCUT2D eigenvalue weighted by Crippen LogP contribution is 2.12. The van der Waals surface area contributed by atoms with Crippen LogP contribution in [0.25, 0.3) is 0 Å². The molecule has 1 N–H and O–H groups in total. The van der Waals surface area contributed by atoms with E-state index in [1.807, 2.05) is 0 Å². The van der Waals surface area contributed by atoms with Crippen LogP contribution in [0, 0.1) is 5.92 Å². The lowest BCUT2D eigenvalue weighted by atomic mass is 10.0. The number of piperidine rings is 1. The van der Waals surface area contributed by atoms with Crippen molar-refractivity contribution < 1.29 is 0 Å². The van der Waals surface area contributed by atoms with Gasteiger partial charge in [-0.05, 0) is 51.2 Å². The SMILES string of the molecule is CCC(C)CN(CC)CCCC1CCCCN1. The fourth-order valence-electron chi connectivity index (χ4n) is 2.68. The van der Waals surface area contributed by atoms with E-state index in [-0.39, 0.29) is 0 Å². The smallest absolute Gasteiger partial charge is 0.00675 e. The highest BCUT2D eigenvalue weighted by atomic mass is 15.1. The van der Waals surface area contributed by atoms with Crippen LogP contribution in [-0.4, -0.2) is 37.1 Å². The monoisotopic (exact) mass is 240 g/mol. The minimum Gasteiger partial charge on any atom is -0.314 e. The summed E-state index contributed by atoms with van der Waals surface area (Å²) in [6.45, 7) is 12.0. The first kappa shape index (κ1) is 15.0. The van der Waals surface area contributed by atoms with Crippen LogP contribution in [0.3, 0.4) is 0 Å². The number of hydrogen-bond acceptors (Lipinski definition) is 2. The van der Waals surface area contributed by atoms with E-state index in [0.717, 1.165) is 12.0 Å². The summed E-state index contributed by atoms with van der Waals surface area (Å²) < 4.78 is 0. The molecule has 0 aromatic rings. The van der Waals surface area contributed by atoms with Gasteiger partial charge in [-0.25, -0.2) is 0 Å². The molecule has 2 atom stereocenters. The van der Waals surface area contributed by atoms with Crippen LogP contribution in [0.1, 0.15) is 59.3 Å². The van der Waals surface area contributed by atoms with Crippen LogP contribution in [0.15, 0.2) is 0 Å². The van der Waals surface area contributed by atoms with Crippen LogP contribution in [-0.2, 0) is 0 Å². The lowest BCUT2D eigenvalue weighted by Gasteiger charge is -2.26. The molecule has 102 valence electrons. The van der Waals surface area contributed by atoms with Gasteiger partial charge in [-0.2, -0.15) is 0 Å². The maximum atomic E-state index is 3.64. The van der Waals surface area contributed by atoms with Gasteiger partial charge >= 0.3 is 0 Å². The van der Waals surface area contributed by atoms with Gasteiger partial charge in [-0.15, -0.1) is 0 Å². The maximum absolute atomic E-state index is 3.64. The molecule has 1 fully saturated rings. The Balaban J connectivity index is 2.09. The summed E-state index contributed by atoms with van der Waals surface area (Å²) in [4.78, 5) is 2.62. The van der Waals surface area contributed by atoms with Crippen LogP contribution >= 0.6 is 0 Å². The van der Waals surface area contributed by atoms with Gasteiger partial charge in [0.2, 0.25) is 0 Å². The third kappa shape index (κ3) is 6.42. The zero-order valence-electron chi connectivity index (χ0n) is 12.2. The van der Waals surface area contributed by atoms with Crippen molar-refractivity contribution >= 4 is 0 Å². The summed E-state index contributed by atoms with van der Waals surface area (Å²) >= 11 is 0. The second kappa shape index (κ2) is 8.93. The standard InChI is InChI=1S/C15H32N2/c1-4-14(3)13-17(5-2)12-8-10-15-9-6-7-11-16-15/h14-16H,4-13H2,1-3H3. The Morgan fingerprint density at radius 1 is 1.29 bits per heavy atom. The van der Waals surface area contributed by atoms with Crippen LogP contribution in [0.5, 0.6) is 0 Å². The third-order valence-electron chi connectivity index (χ3n) is 4.15. The van der Waals surface area contributed by atoms with Gasteiger partial charge in [0.15, 0.2) is 0 Å². The number of nitrogens with one attached hydrogen (secondary N) is 1. The van der Waals surface area contributed by atoms with Crippen molar-refractivity contribution in [1.82, 2.24) is 10.2 Å². The normalized spacial score (nSPS) is 22.9. The van der Waals surface area contributed by atoms with Crippen molar-refractivity contribution in [3.05, 3.63) is 0 Å². The molecule has 1 saturated heterocycles. The first-order valence-electron chi connectivity index (χ1n) is 7.72. The van der Waals surface area contributed by atoms with Crippen LogP contribution in [0.4, 0.5) is 0 Å². The predicted molar refractivity (Wildman–Crippen MR) is 76.4 cm³/mol. The Labute approximate surface area is 108 Å². The van der Waals surface area contributed by atoms with Crippen molar-refractivity contribution in [3.8, 4) is 0 Å². The van der Waals surface area contributed by atoms with Gasteiger partial charge < -0.3 is 10.2 Å². The molecule has 0 radical (unpaired) electrons. The first-order chi connectivity index (χ1) is 8.26. The molecule has 0 aliphatic carbocycles. The molecule has 0 aromatic carbocycles. The van der Waals surface area contributed by atoms with E-state index in [2.05, 4.69) is 31.0 Å². The molecule has 2 heteroatoms. The molecule has 0 spiro atoms. The average Bonchev–Trinajstić information content (AvgIpc) is 2.38. The van der Waals surface area contributed by atoms with Gasteiger partial charge in [0, 0.05) is 12.6 Å². The maximum Gasteiger partial charge on any atom is 0.00675 e. The minimum absolute atomic E-state index is 0.811. The molecule has 1 aliphatic heterocycles. The predicted octanol–water partition coefficient (Wildman–Crippen LogP) is 3.28. The summed E-state index contributed by atoms with van der Waals surface area (Å²) in [7, 11) is 0. The summed E-state index contributed by atoms with van der Waals surface area (Å²) in [5.74, 6) is 0.850. The largest absolute Gasteiger partial charge is 0.314 e. The van der Waals surface area contributed by atoms with Gasteiger partial charge in [0.05, 0.1) is 0 Å². The molecule has 2 unspecified atom stereocenters. The molecule has 0 amide bonds. The number of rotatable bonds is 8. The Bertz CT molecular complexity index is 176. The molecule has 2 nitrogen and oxygen atoms in total. The second-order valence-corrected chi connectivity index (χ2v) is 5.70. The Morgan fingerprint density at radius 3 is 2.71 bits per heavy atom. The van der Waals surface area contributed by atoms with Gasteiger partial charge in [-0.1, -0.05) is 33.6 Å². The number of nitrogens with zero attached hydrogens (tertiary/aromatic N) is 1. The average molecular weight is 240 g/mol. The van der Waals surface area contributed by atoms with Crippen LogP contribution in [0.2, 0.25) is 0 Å². The Morgan fingerprint density at radius 2 is 2.12 bits per heavy atom. The highest BCUT2D eigenvalue weighted by molar-refractivity contribution is 4.72. The van der Waals surface area contributed by atoms with Crippen molar-refractivity contribution in [2.24, 2.45) is 5.92 Å². The van der Waals surface area contributed by atoms with Crippen LogP contribution < -0.4 is 5.32 Å². The first-order valence-corrected chi connectivity index (χ1v) is 7.72. The van der Waals surface area contributed by atoms with Crippen molar-refractivity contribution in [2.45, 2.75) is 65.3 Å². The molecule has 1 aliphatic rings. The summed E-state index contributed by atoms with van der Waals surface area (Å²) in [6, 6.07) is 0.811.